The topological polar surface area (TPSA) is 107 Å². The minimum atomic E-state index is -1.05. The average Bonchev–Trinajstić information content (AvgIpc) is 3.19. The summed E-state index contributed by atoms with van der Waals surface area (Å²) >= 11 is 0. The lowest BCUT2D eigenvalue weighted by molar-refractivity contribution is 0.0686. The standard InChI is InChI=1S/C24H21NO6/c1-14-19(26)10-20(27)21(22(14)31-13-15-6-3-2-4-7-15)23(28)25-11-16-8-5-9-17(24(29)30)18(16)12-25/h2-10,26-27H,11-13H2,1H3,(H,29,30). The molecule has 1 amide bonds. The third-order valence-electron chi connectivity index (χ3n) is 5.42. The predicted molar refractivity (Wildman–Crippen MR) is 112 cm³/mol. The highest BCUT2D eigenvalue weighted by atomic mass is 16.5. The lowest BCUT2D eigenvalue weighted by Crippen LogP contribution is -2.26. The smallest absolute Gasteiger partial charge is 0.336 e. The Morgan fingerprint density at radius 1 is 1.00 bits per heavy atom. The van der Waals surface area contributed by atoms with Crippen molar-refractivity contribution in [1.82, 2.24) is 4.90 Å². The van der Waals surface area contributed by atoms with Gasteiger partial charge in [-0.3, -0.25) is 4.79 Å². The maximum atomic E-state index is 13.4. The molecule has 0 unspecified atom stereocenters. The summed E-state index contributed by atoms with van der Waals surface area (Å²) in [4.78, 5) is 26.4. The highest BCUT2D eigenvalue weighted by Crippen LogP contribution is 2.40. The van der Waals surface area contributed by atoms with Crippen molar-refractivity contribution >= 4 is 11.9 Å². The predicted octanol–water partition coefficient (Wildman–Crippen LogP) is 3.84. The van der Waals surface area contributed by atoms with Gasteiger partial charge in [0.2, 0.25) is 0 Å². The van der Waals surface area contributed by atoms with Gasteiger partial charge in [-0.05, 0) is 29.7 Å². The maximum Gasteiger partial charge on any atom is 0.336 e. The SMILES string of the molecule is Cc1c(O)cc(O)c(C(=O)N2Cc3cccc(C(=O)O)c3C2)c1OCc1ccccc1. The molecule has 0 spiro atoms. The first-order chi connectivity index (χ1) is 14.9. The normalized spacial score (nSPS) is 12.5. The summed E-state index contributed by atoms with van der Waals surface area (Å²) in [6.07, 6.45) is 0. The Morgan fingerprint density at radius 2 is 1.74 bits per heavy atom. The van der Waals surface area contributed by atoms with E-state index >= 15 is 0 Å². The number of carboxylic acid groups (broad SMARTS) is 1. The third kappa shape index (κ3) is 3.77. The molecule has 31 heavy (non-hydrogen) atoms. The second kappa shape index (κ2) is 8.02. The maximum absolute atomic E-state index is 13.4. The number of fused-ring (bicyclic) bond motifs is 1. The van der Waals surface area contributed by atoms with Crippen LogP contribution in [0.5, 0.6) is 17.2 Å². The molecule has 0 fully saturated rings. The number of phenolic OH excluding ortho intramolecular Hbond substituents is 2. The van der Waals surface area contributed by atoms with Gasteiger partial charge >= 0.3 is 5.97 Å². The van der Waals surface area contributed by atoms with Gasteiger partial charge in [0.1, 0.15) is 29.4 Å². The highest BCUT2D eigenvalue weighted by Gasteiger charge is 2.32. The van der Waals surface area contributed by atoms with Gasteiger partial charge in [-0.25, -0.2) is 4.79 Å². The van der Waals surface area contributed by atoms with Crippen molar-refractivity contribution in [1.29, 1.82) is 0 Å². The summed E-state index contributed by atoms with van der Waals surface area (Å²) in [6, 6.07) is 15.4. The first-order valence-corrected chi connectivity index (χ1v) is 9.72. The fourth-order valence-corrected chi connectivity index (χ4v) is 3.77. The molecule has 1 aliphatic rings. The van der Waals surface area contributed by atoms with E-state index in [-0.39, 0.29) is 42.3 Å². The van der Waals surface area contributed by atoms with Crippen molar-refractivity contribution < 1.29 is 29.6 Å². The van der Waals surface area contributed by atoms with Crippen LogP contribution in [0, 0.1) is 6.92 Å². The van der Waals surface area contributed by atoms with Gasteiger partial charge in [-0.1, -0.05) is 42.5 Å². The van der Waals surface area contributed by atoms with Crippen LogP contribution in [0.3, 0.4) is 0 Å². The van der Waals surface area contributed by atoms with Gasteiger partial charge in [0.25, 0.3) is 5.91 Å². The number of benzene rings is 3. The summed E-state index contributed by atoms with van der Waals surface area (Å²) in [5.41, 5.74) is 2.61. The van der Waals surface area contributed by atoms with E-state index in [0.717, 1.165) is 17.2 Å². The van der Waals surface area contributed by atoms with E-state index in [0.29, 0.717) is 11.1 Å². The Morgan fingerprint density at radius 3 is 2.45 bits per heavy atom. The summed E-state index contributed by atoms with van der Waals surface area (Å²) in [6.45, 7) is 2.07. The molecule has 1 heterocycles. The number of rotatable bonds is 5. The zero-order valence-electron chi connectivity index (χ0n) is 16.8. The quantitative estimate of drug-likeness (QED) is 0.580. The number of amides is 1. The van der Waals surface area contributed by atoms with Crippen LogP contribution in [-0.2, 0) is 19.7 Å². The van der Waals surface area contributed by atoms with Gasteiger partial charge in [0.15, 0.2) is 0 Å². The molecule has 0 aromatic heterocycles. The Balaban J connectivity index is 1.67. The number of hydrogen-bond donors (Lipinski definition) is 3. The number of carbonyl (C=O) groups excluding carboxylic acids is 1. The van der Waals surface area contributed by atoms with Crippen LogP contribution in [0.1, 0.15) is 43.0 Å². The van der Waals surface area contributed by atoms with Gasteiger partial charge in [-0.2, -0.15) is 0 Å². The lowest BCUT2D eigenvalue weighted by Gasteiger charge is -2.21. The Labute approximate surface area is 178 Å². The van der Waals surface area contributed by atoms with Gasteiger partial charge in [-0.15, -0.1) is 0 Å². The third-order valence-corrected chi connectivity index (χ3v) is 5.42. The van der Waals surface area contributed by atoms with E-state index in [1.807, 2.05) is 30.3 Å². The first kappa shape index (κ1) is 20.3. The van der Waals surface area contributed by atoms with Crippen LogP contribution in [0.2, 0.25) is 0 Å². The molecule has 1 aliphatic heterocycles. The summed E-state index contributed by atoms with van der Waals surface area (Å²) in [5.74, 6) is -2.04. The molecule has 3 aromatic carbocycles. The van der Waals surface area contributed by atoms with Crippen molar-refractivity contribution in [2.45, 2.75) is 26.6 Å². The van der Waals surface area contributed by atoms with Gasteiger partial charge in [0.05, 0.1) is 5.56 Å². The van der Waals surface area contributed by atoms with Crippen LogP contribution in [0.4, 0.5) is 0 Å². The summed E-state index contributed by atoms with van der Waals surface area (Å²) in [7, 11) is 0. The number of aromatic carboxylic acids is 1. The van der Waals surface area contributed by atoms with Crippen molar-refractivity contribution in [3.05, 3.63) is 88.0 Å². The van der Waals surface area contributed by atoms with E-state index in [4.69, 9.17) is 4.74 Å². The molecular formula is C24H21NO6. The highest BCUT2D eigenvalue weighted by molar-refractivity contribution is 6.01. The number of ether oxygens (including phenoxy) is 1. The molecule has 3 N–H and O–H groups in total. The number of nitrogens with zero attached hydrogens (tertiary/aromatic N) is 1. The fraction of sp³-hybridized carbons (Fsp3) is 0.167. The number of aromatic hydroxyl groups is 2. The number of phenols is 2. The molecule has 3 aromatic rings. The monoisotopic (exact) mass is 419 g/mol. The van der Waals surface area contributed by atoms with Crippen molar-refractivity contribution in [2.24, 2.45) is 0 Å². The van der Waals surface area contributed by atoms with E-state index in [1.54, 1.807) is 19.1 Å². The van der Waals surface area contributed by atoms with Crippen LogP contribution >= 0.6 is 0 Å². The largest absolute Gasteiger partial charge is 0.507 e. The van der Waals surface area contributed by atoms with Crippen molar-refractivity contribution in [2.75, 3.05) is 0 Å². The van der Waals surface area contributed by atoms with Crippen LogP contribution < -0.4 is 4.74 Å². The minimum absolute atomic E-state index is 0.0593. The van der Waals surface area contributed by atoms with E-state index in [1.165, 1.54) is 11.0 Å². The van der Waals surface area contributed by atoms with Crippen LogP contribution in [0.25, 0.3) is 0 Å². The molecule has 7 heteroatoms. The summed E-state index contributed by atoms with van der Waals surface area (Å²) in [5, 5.41) is 30.1. The molecular weight excluding hydrogens is 398 g/mol. The van der Waals surface area contributed by atoms with E-state index in [2.05, 4.69) is 0 Å². The molecule has 0 radical (unpaired) electrons. The Bertz CT molecular complexity index is 1170. The molecule has 0 atom stereocenters. The van der Waals surface area contributed by atoms with Crippen molar-refractivity contribution in [3.63, 3.8) is 0 Å². The second-order valence-electron chi connectivity index (χ2n) is 7.43. The molecule has 7 nitrogen and oxygen atoms in total. The molecule has 0 saturated carbocycles. The number of carboxylic acids is 1. The molecule has 0 aliphatic carbocycles. The second-order valence-corrected chi connectivity index (χ2v) is 7.43. The fourth-order valence-electron chi connectivity index (χ4n) is 3.77. The van der Waals surface area contributed by atoms with E-state index in [9.17, 15) is 24.9 Å². The first-order valence-electron chi connectivity index (χ1n) is 9.72. The molecule has 4 rings (SSSR count). The zero-order chi connectivity index (χ0) is 22.1. The summed E-state index contributed by atoms with van der Waals surface area (Å²) < 4.78 is 5.87. The van der Waals surface area contributed by atoms with Crippen molar-refractivity contribution in [3.8, 4) is 17.2 Å². The molecule has 0 saturated heterocycles. The van der Waals surface area contributed by atoms with Crippen LogP contribution in [-0.4, -0.2) is 32.1 Å². The van der Waals surface area contributed by atoms with Crippen LogP contribution in [0.15, 0.2) is 54.6 Å². The lowest BCUT2D eigenvalue weighted by atomic mass is 10.0. The van der Waals surface area contributed by atoms with E-state index < -0.39 is 17.6 Å². The van der Waals surface area contributed by atoms with Gasteiger partial charge in [0, 0.05) is 24.7 Å². The average molecular weight is 419 g/mol. The number of hydrogen-bond acceptors (Lipinski definition) is 5. The Hall–Kier alpha value is -4.00. The minimum Gasteiger partial charge on any atom is -0.507 e. The Kier molecular flexibility index (Phi) is 5.25. The number of carbonyl (C=O) groups is 2. The van der Waals surface area contributed by atoms with Gasteiger partial charge < -0.3 is 25.0 Å². The molecule has 0 bridgehead atoms. The zero-order valence-corrected chi connectivity index (χ0v) is 16.8. The molecule has 158 valence electrons.